The second-order valence-corrected chi connectivity index (χ2v) is 3.92. The second kappa shape index (κ2) is 4.42. The second-order valence-electron chi connectivity index (χ2n) is 3.92. The molecular weight excluding hydrogens is 174 g/mol. The molecule has 0 spiro atoms. The highest BCUT2D eigenvalue weighted by Crippen LogP contribution is 2.12. The van der Waals surface area contributed by atoms with Crippen LogP contribution in [0.15, 0.2) is 18.3 Å². The van der Waals surface area contributed by atoms with Crippen LogP contribution in [0.4, 0.5) is 5.69 Å². The summed E-state index contributed by atoms with van der Waals surface area (Å²) in [5.74, 6) is 0. The van der Waals surface area contributed by atoms with Crippen molar-refractivity contribution < 1.29 is 0 Å². The van der Waals surface area contributed by atoms with Gasteiger partial charge in [-0.1, -0.05) is 6.42 Å². The van der Waals surface area contributed by atoms with E-state index >= 15 is 0 Å². The molecule has 0 bridgehead atoms. The first kappa shape index (κ1) is 9.46. The van der Waals surface area contributed by atoms with E-state index in [1.807, 2.05) is 12.1 Å². The van der Waals surface area contributed by atoms with Crippen molar-refractivity contribution in [2.45, 2.75) is 25.8 Å². The van der Waals surface area contributed by atoms with Crippen molar-refractivity contribution in [1.29, 1.82) is 0 Å². The van der Waals surface area contributed by atoms with E-state index in [4.69, 9.17) is 5.73 Å². The zero-order valence-electron chi connectivity index (χ0n) is 8.45. The number of likely N-dealkylation sites (tertiary alicyclic amines) is 1. The molecular formula is C11H17N3. The van der Waals surface area contributed by atoms with Crippen molar-refractivity contribution in [3.8, 4) is 0 Å². The number of hydrogen-bond donors (Lipinski definition) is 1. The molecule has 0 aliphatic carbocycles. The Morgan fingerprint density at radius 2 is 2.00 bits per heavy atom. The van der Waals surface area contributed by atoms with Crippen molar-refractivity contribution in [1.82, 2.24) is 9.88 Å². The summed E-state index contributed by atoms with van der Waals surface area (Å²) in [4.78, 5) is 6.77. The van der Waals surface area contributed by atoms with Gasteiger partial charge in [0.25, 0.3) is 0 Å². The third kappa shape index (κ3) is 2.45. The quantitative estimate of drug-likeness (QED) is 0.773. The van der Waals surface area contributed by atoms with Crippen LogP contribution in [0.25, 0.3) is 0 Å². The summed E-state index contributed by atoms with van der Waals surface area (Å²) >= 11 is 0. The predicted octanol–water partition coefficient (Wildman–Crippen LogP) is 1.65. The summed E-state index contributed by atoms with van der Waals surface area (Å²) in [6.07, 6.45) is 5.77. The molecule has 0 aromatic carbocycles. The van der Waals surface area contributed by atoms with Crippen molar-refractivity contribution >= 4 is 5.69 Å². The van der Waals surface area contributed by atoms with Gasteiger partial charge >= 0.3 is 0 Å². The van der Waals surface area contributed by atoms with Gasteiger partial charge in [-0.3, -0.25) is 9.88 Å². The summed E-state index contributed by atoms with van der Waals surface area (Å²) in [5.41, 5.74) is 7.45. The van der Waals surface area contributed by atoms with Gasteiger partial charge in [-0.15, -0.1) is 0 Å². The Kier molecular flexibility index (Phi) is 2.99. The third-order valence-electron chi connectivity index (χ3n) is 2.68. The summed E-state index contributed by atoms with van der Waals surface area (Å²) in [6, 6.07) is 3.94. The Bertz CT molecular complexity index is 275. The number of nitrogens with zero attached hydrogens (tertiary/aromatic N) is 2. The molecule has 1 aliphatic rings. The highest BCUT2D eigenvalue weighted by Gasteiger charge is 2.10. The summed E-state index contributed by atoms with van der Waals surface area (Å²) in [7, 11) is 0. The highest BCUT2D eigenvalue weighted by molar-refractivity contribution is 5.34. The van der Waals surface area contributed by atoms with Gasteiger partial charge in [0.15, 0.2) is 0 Å². The maximum absolute atomic E-state index is 5.58. The molecule has 0 amide bonds. The lowest BCUT2D eigenvalue weighted by Crippen LogP contribution is -2.29. The first-order valence-electron chi connectivity index (χ1n) is 5.27. The van der Waals surface area contributed by atoms with Crippen LogP contribution in [-0.4, -0.2) is 23.0 Å². The van der Waals surface area contributed by atoms with Gasteiger partial charge in [0, 0.05) is 6.54 Å². The molecule has 76 valence electrons. The van der Waals surface area contributed by atoms with Crippen molar-refractivity contribution in [2.24, 2.45) is 0 Å². The zero-order chi connectivity index (χ0) is 9.80. The van der Waals surface area contributed by atoms with Crippen molar-refractivity contribution in [3.63, 3.8) is 0 Å². The van der Waals surface area contributed by atoms with E-state index in [0.717, 1.165) is 17.9 Å². The summed E-state index contributed by atoms with van der Waals surface area (Å²) in [5, 5.41) is 0. The molecule has 14 heavy (non-hydrogen) atoms. The maximum atomic E-state index is 5.58. The van der Waals surface area contributed by atoms with Crippen LogP contribution < -0.4 is 5.73 Å². The number of piperidine rings is 1. The zero-order valence-corrected chi connectivity index (χ0v) is 8.45. The smallest absolute Gasteiger partial charge is 0.0545 e. The topological polar surface area (TPSA) is 42.1 Å². The fourth-order valence-electron chi connectivity index (χ4n) is 1.88. The van der Waals surface area contributed by atoms with Crippen molar-refractivity contribution in [2.75, 3.05) is 18.8 Å². The Hall–Kier alpha value is -1.09. The van der Waals surface area contributed by atoms with E-state index in [0.29, 0.717) is 0 Å². The Morgan fingerprint density at radius 1 is 1.21 bits per heavy atom. The first-order chi connectivity index (χ1) is 6.84. The van der Waals surface area contributed by atoms with Crippen LogP contribution in [0, 0.1) is 0 Å². The molecule has 0 radical (unpaired) electrons. The molecule has 2 N–H and O–H groups in total. The number of nitrogens with two attached hydrogens (primary N) is 1. The van der Waals surface area contributed by atoms with E-state index in [2.05, 4.69) is 9.88 Å². The van der Waals surface area contributed by atoms with E-state index in [9.17, 15) is 0 Å². The molecule has 3 nitrogen and oxygen atoms in total. The minimum Gasteiger partial charge on any atom is -0.397 e. The van der Waals surface area contributed by atoms with Gasteiger partial charge in [-0.2, -0.15) is 0 Å². The summed E-state index contributed by atoms with van der Waals surface area (Å²) < 4.78 is 0. The molecule has 2 heterocycles. The number of pyridine rings is 1. The minimum atomic E-state index is 0.743. The lowest BCUT2D eigenvalue weighted by Gasteiger charge is -2.25. The van der Waals surface area contributed by atoms with Gasteiger partial charge < -0.3 is 5.73 Å². The molecule has 1 fully saturated rings. The Balaban J connectivity index is 1.92. The fraction of sp³-hybridized carbons (Fsp3) is 0.545. The van der Waals surface area contributed by atoms with Crippen LogP contribution in [0.5, 0.6) is 0 Å². The largest absolute Gasteiger partial charge is 0.397 e. The molecule has 3 heteroatoms. The molecule has 0 unspecified atom stereocenters. The number of rotatable bonds is 2. The number of aromatic nitrogens is 1. The Morgan fingerprint density at radius 3 is 2.64 bits per heavy atom. The van der Waals surface area contributed by atoms with Crippen molar-refractivity contribution in [3.05, 3.63) is 24.0 Å². The number of hydrogen-bond acceptors (Lipinski definition) is 3. The van der Waals surface area contributed by atoms with Gasteiger partial charge in [-0.05, 0) is 38.1 Å². The molecule has 0 saturated carbocycles. The lowest BCUT2D eigenvalue weighted by atomic mass is 10.1. The average Bonchev–Trinajstić information content (AvgIpc) is 2.23. The van der Waals surface area contributed by atoms with E-state index in [-0.39, 0.29) is 0 Å². The van der Waals surface area contributed by atoms with Gasteiger partial charge in [0.2, 0.25) is 0 Å². The summed E-state index contributed by atoms with van der Waals surface area (Å²) in [6.45, 7) is 3.40. The van der Waals surface area contributed by atoms with E-state index in [1.54, 1.807) is 6.20 Å². The van der Waals surface area contributed by atoms with Gasteiger partial charge in [0.1, 0.15) is 0 Å². The van der Waals surface area contributed by atoms with Crippen LogP contribution in [0.1, 0.15) is 25.0 Å². The molecule has 1 aromatic heterocycles. The normalized spacial score (nSPS) is 18.3. The highest BCUT2D eigenvalue weighted by atomic mass is 15.1. The average molecular weight is 191 g/mol. The molecule has 0 atom stereocenters. The molecule has 1 aromatic rings. The molecule has 1 aliphatic heterocycles. The number of nitrogen functional groups attached to an aromatic ring is 1. The molecule has 1 saturated heterocycles. The first-order valence-corrected chi connectivity index (χ1v) is 5.27. The SMILES string of the molecule is Nc1ccc(CN2CCCCC2)nc1. The molecule has 2 rings (SSSR count). The van der Waals surface area contributed by atoms with Crippen LogP contribution in [-0.2, 0) is 6.54 Å². The minimum absolute atomic E-state index is 0.743. The van der Waals surface area contributed by atoms with E-state index in [1.165, 1.54) is 32.4 Å². The fourth-order valence-corrected chi connectivity index (χ4v) is 1.88. The number of anilines is 1. The van der Waals surface area contributed by atoms with Crippen LogP contribution >= 0.6 is 0 Å². The van der Waals surface area contributed by atoms with Gasteiger partial charge in [-0.25, -0.2) is 0 Å². The maximum Gasteiger partial charge on any atom is 0.0545 e. The van der Waals surface area contributed by atoms with Gasteiger partial charge in [0.05, 0.1) is 17.6 Å². The van der Waals surface area contributed by atoms with Crippen LogP contribution in [0.2, 0.25) is 0 Å². The standard InChI is InChI=1S/C11H17N3/c12-10-4-5-11(13-8-10)9-14-6-2-1-3-7-14/h4-5,8H,1-3,6-7,9,12H2. The Labute approximate surface area is 84.9 Å². The monoisotopic (exact) mass is 191 g/mol. The van der Waals surface area contributed by atoms with E-state index < -0.39 is 0 Å². The van der Waals surface area contributed by atoms with Crippen LogP contribution in [0.3, 0.4) is 0 Å². The predicted molar refractivity (Wildman–Crippen MR) is 57.8 cm³/mol. The third-order valence-corrected chi connectivity index (χ3v) is 2.68. The lowest BCUT2D eigenvalue weighted by molar-refractivity contribution is 0.218.